The molecule has 0 aliphatic rings. The number of nitrogens with two attached hydrogens (primary N) is 1. The molecule has 1 atom stereocenters. The van der Waals surface area contributed by atoms with Crippen molar-refractivity contribution in [2.45, 2.75) is 12.5 Å². The SMILES string of the molecule is NC(CC(=O)O)c1cnc(C(=O)O)c(F)c1. The van der Waals surface area contributed by atoms with Crippen LogP contribution >= 0.6 is 0 Å². The van der Waals surface area contributed by atoms with Crippen molar-refractivity contribution in [2.75, 3.05) is 0 Å². The molecule has 0 saturated heterocycles. The fourth-order valence-corrected chi connectivity index (χ4v) is 1.12. The van der Waals surface area contributed by atoms with Gasteiger partial charge in [0.2, 0.25) is 0 Å². The van der Waals surface area contributed by atoms with Crippen LogP contribution in [0.25, 0.3) is 0 Å². The number of aliphatic carboxylic acids is 1. The monoisotopic (exact) mass is 228 g/mol. The second-order valence-corrected chi connectivity index (χ2v) is 3.11. The van der Waals surface area contributed by atoms with Crippen LogP contribution in [0, 0.1) is 5.82 Å². The normalized spacial score (nSPS) is 12.1. The molecule has 0 aliphatic carbocycles. The van der Waals surface area contributed by atoms with Crippen LogP contribution in [-0.2, 0) is 4.79 Å². The molecule has 6 nitrogen and oxygen atoms in total. The standard InChI is InChI=1S/C9H9FN2O4/c10-5-1-4(6(11)2-7(13)14)3-12-8(5)9(15)16/h1,3,6H,2,11H2,(H,13,14)(H,15,16). The first-order valence-electron chi connectivity index (χ1n) is 4.28. The Hall–Kier alpha value is -2.02. The largest absolute Gasteiger partial charge is 0.481 e. The summed E-state index contributed by atoms with van der Waals surface area (Å²) in [5.41, 5.74) is 4.88. The van der Waals surface area contributed by atoms with Gasteiger partial charge in [-0.25, -0.2) is 14.2 Å². The lowest BCUT2D eigenvalue weighted by atomic mass is 10.1. The molecule has 1 heterocycles. The molecule has 4 N–H and O–H groups in total. The third-order valence-corrected chi connectivity index (χ3v) is 1.89. The van der Waals surface area contributed by atoms with Gasteiger partial charge >= 0.3 is 11.9 Å². The number of carboxylic acids is 2. The number of hydrogen-bond acceptors (Lipinski definition) is 4. The highest BCUT2D eigenvalue weighted by Gasteiger charge is 2.16. The van der Waals surface area contributed by atoms with E-state index < -0.39 is 29.5 Å². The molecule has 1 rings (SSSR count). The highest BCUT2D eigenvalue weighted by Crippen LogP contribution is 2.15. The molecule has 7 heteroatoms. The van der Waals surface area contributed by atoms with Crippen molar-refractivity contribution in [3.05, 3.63) is 29.3 Å². The Balaban J connectivity index is 2.96. The number of nitrogens with zero attached hydrogens (tertiary/aromatic N) is 1. The fraction of sp³-hybridized carbons (Fsp3) is 0.222. The first-order chi connectivity index (χ1) is 7.41. The molecule has 1 unspecified atom stereocenters. The molecular weight excluding hydrogens is 219 g/mol. The Bertz CT molecular complexity index is 436. The van der Waals surface area contributed by atoms with E-state index in [0.29, 0.717) is 0 Å². The summed E-state index contributed by atoms with van der Waals surface area (Å²) in [7, 11) is 0. The third-order valence-electron chi connectivity index (χ3n) is 1.89. The Labute approximate surface area is 89.5 Å². The predicted octanol–water partition coefficient (Wildman–Crippen LogP) is 0.393. The van der Waals surface area contributed by atoms with Gasteiger partial charge in [-0.3, -0.25) is 4.79 Å². The highest BCUT2D eigenvalue weighted by atomic mass is 19.1. The molecule has 0 aromatic carbocycles. The predicted molar refractivity (Wildman–Crippen MR) is 50.3 cm³/mol. The Kier molecular flexibility index (Phi) is 3.51. The smallest absolute Gasteiger partial charge is 0.357 e. The number of carbonyl (C=O) groups is 2. The summed E-state index contributed by atoms with van der Waals surface area (Å²) in [6.07, 6.45) is 0.674. The van der Waals surface area contributed by atoms with Crippen LogP contribution in [0.3, 0.4) is 0 Å². The average molecular weight is 228 g/mol. The van der Waals surface area contributed by atoms with Gasteiger partial charge in [-0.2, -0.15) is 0 Å². The number of hydrogen-bond donors (Lipinski definition) is 3. The Morgan fingerprint density at radius 2 is 2.12 bits per heavy atom. The van der Waals surface area contributed by atoms with E-state index in [1.807, 2.05) is 0 Å². The summed E-state index contributed by atoms with van der Waals surface area (Å²) < 4.78 is 13.2. The lowest BCUT2D eigenvalue weighted by Crippen LogP contribution is -2.16. The zero-order valence-corrected chi connectivity index (χ0v) is 8.05. The number of halogens is 1. The van der Waals surface area contributed by atoms with E-state index >= 15 is 0 Å². The molecule has 0 bridgehead atoms. The molecule has 0 fully saturated rings. The van der Waals surface area contributed by atoms with E-state index in [4.69, 9.17) is 15.9 Å². The van der Waals surface area contributed by atoms with E-state index in [9.17, 15) is 14.0 Å². The summed E-state index contributed by atoms with van der Waals surface area (Å²) in [6.45, 7) is 0. The number of carboxylic acid groups (broad SMARTS) is 2. The molecule has 16 heavy (non-hydrogen) atoms. The molecule has 0 spiro atoms. The van der Waals surface area contributed by atoms with Crippen LogP contribution in [0.2, 0.25) is 0 Å². The van der Waals surface area contributed by atoms with Gasteiger partial charge in [-0.1, -0.05) is 0 Å². The van der Waals surface area contributed by atoms with Crippen LogP contribution in [0.1, 0.15) is 28.5 Å². The van der Waals surface area contributed by atoms with Crippen LogP contribution in [0.5, 0.6) is 0 Å². The third kappa shape index (κ3) is 2.74. The van der Waals surface area contributed by atoms with E-state index in [1.54, 1.807) is 0 Å². The van der Waals surface area contributed by atoms with E-state index in [0.717, 1.165) is 12.3 Å². The Morgan fingerprint density at radius 1 is 1.50 bits per heavy atom. The maximum Gasteiger partial charge on any atom is 0.357 e. The van der Waals surface area contributed by atoms with Gasteiger partial charge < -0.3 is 15.9 Å². The number of aromatic nitrogens is 1. The quantitative estimate of drug-likeness (QED) is 0.687. The maximum atomic E-state index is 13.2. The van der Waals surface area contributed by atoms with E-state index in [2.05, 4.69) is 4.98 Å². The fourth-order valence-electron chi connectivity index (χ4n) is 1.12. The summed E-state index contributed by atoms with van der Waals surface area (Å²) in [5.74, 6) is -3.66. The molecule has 0 aliphatic heterocycles. The Morgan fingerprint density at radius 3 is 2.56 bits per heavy atom. The summed E-state index contributed by atoms with van der Waals surface area (Å²) in [6, 6.07) is -0.0355. The first-order valence-corrected chi connectivity index (χ1v) is 4.28. The molecule has 0 radical (unpaired) electrons. The van der Waals surface area contributed by atoms with Gasteiger partial charge in [-0.05, 0) is 11.6 Å². The molecule has 1 aromatic rings. The van der Waals surface area contributed by atoms with Crippen molar-refractivity contribution in [2.24, 2.45) is 5.73 Å². The van der Waals surface area contributed by atoms with Gasteiger partial charge in [0, 0.05) is 12.2 Å². The summed E-state index contributed by atoms with van der Waals surface area (Å²) in [5, 5.41) is 17.0. The second-order valence-electron chi connectivity index (χ2n) is 3.11. The van der Waals surface area contributed by atoms with Gasteiger partial charge in [0.1, 0.15) is 0 Å². The molecule has 0 saturated carbocycles. The van der Waals surface area contributed by atoms with Crippen molar-refractivity contribution in [3.8, 4) is 0 Å². The van der Waals surface area contributed by atoms with Crippen molar-refractivity contribution in [3.63, 3.8) is 0 Å². The van der Waals surface area contributed by atoms with E-state index in [1.165, 1.54) is 0 Å². The number of rotatable bonds is 4. The number of pyridine rings is 1. The van der Waals surface area contributed by atoms with Gasteiger partial charge in [0.15, 0.2) is 11.5 Å². The van der Waals surface area contributed by atoms with Crippen LogP contribution in [0.4, 0.5) is 4.39 Å². The minimum atomic E-state index is -1.49. The van der Waals surface area contributed by atoms with Crippen molar-refractivity contribution >= 4 is 11.9 Å². The topological polar surface area (TPSA) is 114 Å². The lowest BCUT2D eigenvalue weighted by Gasteiger charge is -2.09. The van der Waals surface area contributed by atoms with Crippen LogP contribution in [-0.4, -0.2) is 27.1 Å². The minimum Gasteiger partial charge on any atom is -0.481 e. The van der Waals surface area contributed by atoms with Gasteiger partial charge in [0.25, 0.3) is 0 Å². The molecule has 0 amide bonds. The molecular formula is C9H9FN2O4. The highest BCUT2D eigenvalue weighted by molar-refractivity contribution is 5.85. The summed E-state index contributed by atoms with van der Waals surface area (Å²) >= 11 is 0. The molecule has 1 aromatic heterocycles. The zero-order valence-electron chi connectivity index (χ0n) is 8.05. The average Bonchev–Trinajstić information content (AvgIpc) is 2.15. The zero-order chi connectivity index (χ0) is 12.3. The van der Waals surface area contributed by atoms with Gasteiger partial charge in [0.05, 0.1) is 6.42 Å². The van der Waals surface area contributed by atoms with Crippen LogP contribution < -0.4 is 5.73 Å². The van der Waals surface area contributed by atoms with Crippen molar-refractivity contribution < 1.29 is 24.2 Å². The van der Waals surface area contributed by atoms with Gasteiger partial charge in [-0.15, -0.1) is 0 Å². The first kappa shape index (κ1) is 12.1. The number of aromatic carboxylic acids is 1. The minimum absolute atomic E-state index is 0.143. The second kappa shape index (κ2) is 4.67. The van der Waals surface area contributed by atoms with Crippen molar-refractivity contribution in [1.29, 1.82) is 0 Å². The van der Waals surface area contributed by atoms with Crippen LogP contribution in [0.15, 0.2) is 12.3 Å². The van der Waals surface area contributed by atoms with Crippen molar-refractivity contribution in [1.82, 2.24) is 4.98 Å². The summed E-state index contributed by atoms with van der Waals surface area (Å²) in [4.78, 5) is 24.2. The molecule has 86 valence electrons. The van der Waals surface area contributed by atoms with E-state index in [-0.39, 0.29) is 12.0 Å². The lowest BCUT2D eigenvalue weighted by molar-refractivity contribution is -0.137. The maximum absolute atomic E-state index is 13.2.